The molecule has 0 unspecified atom stereocenters. The van der Waals surface area contributed by atoms with Crippen molar-refractivity contribution in [2.24, 2.45) is 0 Å². The Morgan fingerprint density at radius 2 is 2.07 bits per heavy atom. The molecule has 0 aliphatic heterocycles. The Hall–Kier alpha value is -0.600. The van der Waals surface area contributed by atoms with E-state index >= 15 is 0 Å². The van der Waals surface area contributed by atoms with Gasteiger partial charge in [0.1, 0.15) is 5.82 Å². The standard InChI is InChI=1S/C11H15ClFN/c1-4-14(3)7-9-6-11(13)8(2)5-10(9)12/h5-6H,4,7H2,1-3H3. The van der Waals surface area contributed by atoms with E-state index in [0.29, 0.717) is 17.1 Å². The monoisotopic (exact) mass is 215 g/mol. The summed E-state index contributed by atoms with van der Waals surface area (Å²) in [7, 11) is 1.98. The first-order chi connectivity index (χ1) is 6.54. The second-order valence-corrected chi connectivity index (χ2v) is 3.93. The van der Waals surface area contributed by atoms with E-state index in [-0.39, 0.29) is 5.82 Å². The zero-order valence-electron chi connectivity index (χ0n) is 8.77. The zero-order valence-corrected chi connectivity index (χ0v) is 9.53. The van der Waals surface area contributed by atoms with E-state index in [1.165, 1.54) is 6.07 Å². The van der Waals surface area contributed by atoms with Gasteiger partial charge < -0.3 is 4.90 Å². The van der Waals surface area contributed by atoms with Gasteiger partial charge in [-0.25, -0.2) is 4.39 Å². The molecule has 0 fully saturated rings. The van der Waals surface area contributed by atoms with E-state index < -0.39 is 0 Å². The molecule has 0 aromatic heterocycles. The minimum Gasteiger partial charge on any atom is -0.302 e. The fraction of sp³-hybridized carbons (Fsp3) is 0.455. The number of benzene rings is 1. The molecule has 1 aromatic rings. The molecule has 0 N–H and O–H groups in total. The van der Waals surface area contributed by atoms with E-state index in [4.69, 9.17) is 11.6 Å². The summed E-state index contributed by atoms with van der Waals surface area (Å²) >= 11 is 6.01. The zero-order chi connectivity index (χ0) is 10.7. The van der Waals surface area contributed by atoms with E-state index in [1.54, 1.807) is 13.0 Å². The van der Waals surface area contributed by atoms with Crippen molar-refractivity contribution in [3.05, 3.63) is 34.1 Å². The molecule has 0 spiro atoms. The molecule has 3 heteroatoms. The van der Waals surface area contributed by atoms with E-state index in [2.05, 4.69) is 11.8 Å². The highest BCUT2D eigenvalue weighted by Gasteiger charge is 2.07. The van der Waals surface area contributed by atoms with Gasteiger partial charge in [-0.2, -0.15) is 0 Å². The van der Waals surface area contributed by atoms with Crippen LogP contribution in [0.3, 0.4) is 0 Å². The molecule has 0 saturated carbocycles. The highest BCUT2D eigenvalue weighted by molar-refractivity contribution is 6.31. The first-order valence-electron chi connectivity index (χ1n) is 4.67. The number of hydrogen-bond donors (Lipinski definition) is 0. The maximum Gasteiger partial charge on any atom is 0.126 e. The van der Waals surface area contributed by atoms with Crippen LogP contribution in [0.2, 0.25) is 5.02 Å². The molecule has 1 rings (SSSR count). The smallest absolute Gasteiger partial charge is 0.126 e. The molecule has 0 saturated heterocycles. The fourth-order valence-electron chi connectivity index (χ4n) is 1.21. The Balaban J connectivity index is 2.92. The van der Waals surface area contributed by atoms with Gasteiger partial charge in [0, 0.05) is 11.6 Å². The summed E-state index contributed by atoms with van der Waals surface area (Å²) in [4.78, 5) is 2.08. The number of rotatable bonds is 3. The van der Waals surface area contributed by atoms with Crippen molar-refractivity contribution in [3.63, 3.8) is 0 Å². The maximum atomic E-state index is 13.2. The molecule has 0 aliphatic rings. The fourth-order valence-corrected chi connectivity index (χ4v) is 1.49. The lowest BCUT2D eigenvalue weighted by Crippen LogP contribution is -2.17. The highest BCUT2D eigenvalue weighted by atomic mass is 35.5. The average molecular weight is 216 g/mol. The van der Waals surface area contributed by atoms with Crippen LogP contribution < -0.4 is 0 Å². The van der Waals surface area contributed by atoms with Crippen LogP contribution in [0.1, 0.15) is 18.1 Å². The van der Waals surface area contributed by atoms with Crippen LogP contribution in [0.25, 0.3) is 0 Å². The minimum atomic E-state index is -0.186. The van der Waals surface area contributed by atoms with Gasteiger partial charge in [0.25, 0.3) is 0 Å². The van der Waals surface area contributed by atoms with Gasteiger partial charge in [-0.05, 0) is 43.8 Å². The molecular formula is C11H15ClFN. The molecule has 0 aliphatic carbocycles. The van der Waals surface area contributed by atoms with Gasteiger partial charge in [0.05, 0.1) is 0 Å². The SMILES string of the molecule is CCN(C)Cc1cc(F)c(C)cc1Cl. The molecule has 0 amide bonds. The van der Waals surface area contributed by atoms with E-state index in [9.17, 15) is 4.39 Å². The number of nitrogens with zero attached hydrogens (tertiary/aromatic N) is 1. The molecule has 1 nitrogen and oxygen atoms in total. The second kappa shape index (κ2) is 4.76. The third kappa shape index (κ3) is 2.69. The Kier molecular flexibility index (Phi) is 3.90. The van der Waals surface area contributed by atoms with Gasteiger partial charge in [0.15, 0.2) is 0 Å². The van der Waals surface area contributed by atoms with Gasteiger partial charge >= 0.3 is 0 Å². The van der Waals surface area contributed by atoms with Crippen LogP contribution in [-0.2, 0) is 6.54 Å². The summed E-state index contributed by atoms with van der Waals surface area (Å²) in [5, 5.41) is 0.643. The highest BCUT2D eigenvalue weighted by Crippen LogP contribution is 2.21. The Morgan fingerprint density at radius 3 is 2.64 bits per heavy atom. The average Bonchev–Trinajstić information content (AvgIpc) is 2.14. The van der Waals surface area contributed by atoms with Crippen LogP contribution in [-0.4, -0.2) is 18.5 Å². The Morgan fingerprint density at radius 1 is 1.43 bits per heavy atom. The second-order valence-electron chi connectivity index (χ2n) is 3.52. The molecule has 1 aromatic carbocycles. The summed E-state index contributed by atoms with van der Waals surface area (Å²) in [6.07, 6.45) is 0. The van der Waals surface area contributed by atoms with Crippen molar-refractivity contribution < 1.29 is 4.39 Å². The Bertz CT molecular complexity index is 325. The van der Waals surface area contributed by atoms with Crippen LogP contribution in [0.5, 0.6) is 0 Å². The molecule has 0 radical (unpaired) electrons. The van der Waals surface area contributed by atoms with Crippen molar-refractivity contribution in [1.82, 2.24) is 4.90 Å². The summed E-state index contributed by atoms with van der Waals surface area (Å²) in [5.74, 6) is -0.186. The molecular weight excluding hydrogens is 201 g/mol. The lowest BCUT2D eigenvalue weighted by Gasteiger charge is -2.15. The summed E-state index contributed by atoms with van der Waals surface area (Å²) in [6, 6.07) is 3.19. The molecule has 78 valence electrons. The lowest BCUT2D eigenvalue weighted by molar-refractivity contribution is 0.345. The van der Waals surface area contributed by atoms with Crippen LogP contribution in [0.4, 0.5) is 4.39 Å². The molecule has 0 bridgehead atoms. The first kappa shape index (κ1) is 11.5. The summed E-state index contributed by atoms with van der Waals surface area (Å²) < 4.78 is 13.2. The third-order valence-electron chi connectivity index (χ3n) is 2.31. The quantitative estimate of drug-likeness (QED) is 0.748. The number of halogens is 2. The molecule has 0 heterocycles. The van der Waals surface area contributed by atoms with Gasteiger partial charge in [-0.3, -0.25) is 0 Å². The number of hydrogen-bond acceptors (Lipinski definition) is 1. The van der Waals surface area contributed by atoms with E-state index in [1.807, 2.05) is 7.05 Å². The molecule has 0 atom stereocenters. The third-order valence-corrected chi connectivity index (χ3v) is 2.66. The normalized spacial score (nSPS) is 11.0. The molecule has 14 heavy (non-hydrogen) atoms. The van der Waals surface area contributed by atoms with Crippen molar-refractivity contribution in [3.8, 4) is 0 Å². The van der Waals surface area contributed by atoms with Crippen LogP contribution >= 0.6 is 11.6 Å². The lowest BCUT2D eigenvalue weighted by atomic mass is 10.1. The van der Waals surface area contributed by atoms with Crippen LogP contribution in [0, 0.1) is 12.7 Å². The van der Waals surface area contributed by atoms with Gasteiger partial charge in [0.2, 0.25) is 0 Å². The van der Waals surface area contributed by atoms with Crippen molar-refractivity contribution in [2.45, 2.75) is 20.4 Å². The number of aryl methyl sites for hydroxylation is 1. The predicted octanol–water partition coefficient (Wildman–Crippen LogP) is 3.24. The van der Waals surface area contributed by atoms with Crippen molar-refractivity contribution in [2.75, 3.05) is 13.6 Å². The van der Waals surface area contributed by atoms with Gasteiger partial charge in [-0.15, -0.1) is 0 Å². The van der Waals surface area contributed by atoms with Crippen LogP contribution in [0.15, 0.2) is 12.1 Å². The van der Waals surface area contributed by atoms with E-state index in [0.717, 1.165) is 12.1 Å². The van der Waals surface area contributed by atoms with Crippen molar-refractivity contribution in [1.29, 1.82) is 0 Å². The Labute approximate surface area is 89.5 Å². The summed E-state index contributed by atoms with van der Waals surface area (Å²) in [5.41, 5.74) is 1.44. The largest absolute Gasteiger partial charge is 0.302 e. The minimum absolute atomic E-state index is 0.186. The topological polar surface area (TPSA) is 3.24 Å². The van der Waals surface area contributed by atoms with Crippen molar-refractivity contribution >= 4 is 11.6 Å². The summed E-state index contributed by atoms with van der Waals surface area (Å²) in [6.45, 7) is 5.38. The maximum absolute atomic E-state index is 13.2. The first-order valence-corrected chi connectivity index (χ1v) is 5.05. The predicted molar refractivity (Wildman–Crippen MR) is 58.2 cm³/mol. The van der Waals surface area contributed by atoms with Gasteiger partial charge in [-0.1, -0.05) is 18.5 Å².